The molecular formula is C17H12BrN3O4. The molecule has 1 unspecified atom stereocenters. The summed E-state index contributed by atoms with van der Waals surface area (Å²) < 4.78 is 0.825. The van der Waals surface area contributed by atoms with E-state index in [0.29, 0.717) is 11.3 Å². The van der Waals surface area contributed by atoms with E-state index in [9.17, 15) is 19.7 Å². The Hall–Kier alpha value is -2.87. The molecule has 8 heteroatoms. The van der Waals surface area contributed by atoms with Crippen LogP contribution in [0, 0.1) is 17.0 Å². The van der Waals surface area contributed by atoms with Crippen LogP contribution in [-0.4, -0.2) is 22.4 Å². The van der Waals surface area contributed by atoms with E-state index in [-0.39, 0.29) is 11.4 Å². The van der Waals surface area contributed by atoms with Gasteiger partial charge >= 0.3 is 0 Å². The van der Waals surface area contributed by atoms with Gasteiger partial charge in [0.25, 0.3) is 11.6 Å². The summed E-state index contributed by atoms with van der Waals surface area (Å²) >= 11 is 3.40. The molecule has 1 saturated heterocycles. The van der Waals surface area contributed by atoms with Gasteiger partial charge in [-0.05, 0) is 30.2 Å². The number of amides is 2. The van der Waals surface area contributed by atoms with Crippen molar-refractivity contribution in [3.63, 3.8) is 0 Å². The van der Waals surface area contributed by atoms with E-state index in [4.69, 9.17) is 0 Å². The van der Waals surface area contributed by atoms with Gasteiger partial charge in [0.15, 0.2) is 0 Å². The Labute approximate surface area is 151 Å². The molecule has 0 aromatic heterocycles. The first-order valence-electron chi connectivity index (χ1n) is 7.31. The van der Waals surface area contributed by atoms with Crippen molar-refractivity contribution in [2.24, 2.45) is 4.99 Å². The van der Waals surface area contributed by atoms with E-state index in [1.807, 2.05) is 13.0 Å². The van der Waals surface area contributed by atoms with Crippen molar-refractivity contribution in [3.05, 3.63) is 68.2 Å². The van der Waals surface area contributed by atoms with Crippen LogP contribution in [0.1, 0.15) is 17.0 Å². The zero-order valence-corrected chi connectivity index (χ0v) is 14.6. The van der Waals surface area contributed by atoms with Gasteiger partial charge in [0.2, 0.25) is 5.91 Å². The summed E-state index contributed by atoms with van der Waals surface area (Å²) in [5, 5.41) is 13.2. The lowest BCUT2D eigenvalue weighted by molar-refractivity contribution is -0.384. The number of carbonyl (C=O) groups is 2. The zero-order chi connectivity index (χ0) is 18.1. The molecule has 25 heavy (non-hydrogen) atoms. The molecule has 2 aromatic rings. The number of hydrogen-bond donors (Lipinski definition) is 1. The third kappa shape index (κ3) is 3.34. The Bertz CT molecular complexity index is 939. The molecule has 1 fully saturated rings. The lowest BCUT2D eigenvalue weighted by Gasteiger charge is -2.08. The van der Waals surface area contributed by atoms with Gasteiger partial charge in [-0.25, -0.2) is 4.99 Å². The number of nitro groups is 1. The number of hydrogen-bond acceptors (Lipinski definition) is 5. The van der Waals surface area contributed by atoms with Crippen LogP contribution < -0.4 is 5.32 Å². The standard InChI is InChI=1S/C17H12BrN3O4/c1-9-5-6-11(8-13(9)18)19-15-14(16(22)20-17(15)23)10-3-2-4-12(7-10)21(24)25/h2-8,14H,1H3,(H,20,22,23). The number of benzene rings is 2. The highest BCUT2D eigenvalue weighted by Gasteiger charge is 2.39. The van der Waals surface area contributed by atoms with E-state index >= 15 is 0 Å². The average molecular weight is 402 g/mol. The van der Waals surface area contributed by atoms with Gasteiger partial charge in [0, 0.05) is 16.6 Å². The normalized spacial score (nSPS) is 18.5. The van der Waals surface area contributed by atoms with Gasteiger partial charge in [0.1, 0.15) is 11.6 Å². The second-order valence-corrected chi connectivity index (χ2v) is 6.39. The Balaban J connectivity index is 2.07. The summed E-state index contributed by atoms with van der Waals surface area (Å²) in [5.41, 5.74) is 1.73. The predicted octanol–water partition coefficient (Wildman–Crippen LogP) is 3.18. The molecule has 1 heterocycles. The highest BCUT2D eigenvalue weighted by Crippen LogP contribution is 2.29. The topological polar surface area (TPSA) is 102 Å². The fourth-order valence-corrected chi connectivity index (χ4v) is 2.90. The van der Waals surface area contributed by atoms with Gasteiger partial charge in [-0.3, -0.25) is 25.0 Å². The molecule has 1 aliphatic rings. The summed E-state index contributed by atoms with van der Waals surface area (Å²) in [6.07, 6.45) is 0. The molecule has 126 valence electrons. The first-order valence-corrected chi connectivity index (χ1v) is 8.10. The summed E-state index contributed by atoms with van der Waals surface area (Å²) in [6, 6.07) is 11.0. The fraction of sp³-hybridized carbons (Fsp3) is 0.118. The third-order valence-corrected chi connectivity index (χ3v) is 4.68. The van der Waals surface area contributed by atoms with Crippen molar-refractivity contribution >= 4 is 44.8 Å². The number of halogens is 1. The van der Waals surface area contributed by atoms with E-state index in [0.717, 1.165) is 10.0 Å². The van der Waals surface area contributed by atoms with Crippen molar-refractivity contribution in [1.29, 1.82) is 0 Å². The molecule has 2 aromatic carbocycles. The van der Waals surface area contributed by atoms with Crippen LogP contribution in [0.25, 0.3) is 0 Å². The highest BCUT2D eigenvalue weighted by atomic mass is 79.9. The van der Waals surface area contributed by atoms with Gasteiger partial charge in [-0.15, -0.1) is 0 Å². The van der Waals surface area contributed by atoms with Crippen molar-refractivity contribution < 1.29 is 14.5 Å². The average Bonchev–Trinajstić information content (AvgIpc) is 2.85. The van der Waals surface area contributed by atoms with Gasteiger partial charge in [-0.1, -0.05) is 34.1 Å². The van der Waals surface area contributed by atoms with E-state index < -0.39 is 22.7 Å². The number of nitro benzene ring substituents is 1. The molecular weight excluding hydrogens is 390 g/mol. The number of non-ortho nitro benzene ring substituents is 1. The fourth-order valence-electron chi connectivity index (χ4n) is 2.54. The Morgan fingerprint density at radius 2 is 1.96 bits per heavy atom. The van der Waals surface area contributed by atoms with Crippen molar-refractivity contribution in [1.82, 2.24) is 5.32 Å². The Kier molecular flexibility index (Phi) is 4.45. The summed E-state index contributed by atoms with van der Waals surface area (Å²) in [6.45, 7) is 1.92. The van der Waals surface area contributed by atoms with Crippen molar-refractivity contribution in [2.45, 2.75) is 12.8 Å². The molecule has 0 saturated carbocycles. The smallest absolute Gasteiger partial charge is 0.273 e. The van der Waals surface area contributed by atoms with Crippen LogP contribution in [0.4, 0.5) is 11.4 Å². The molecule has 1 atom stereocenters. The molecule has 0 bridgehead atoms. The monoisotopic (exact) mass is 401 g/mol. The van der Waals surface area contributed by atoms with Gasteiger partial charge in [0.05, 0.1) is 10.6 Å². The second kappa shape index (κ2) is 6.56. The Morgan fingerprint density at radius 1 is 1.20 bits per heavy atom. The van der Waals surface area contributed by atoms with E-state index in [2.05, 4.69) is 26.2 Å². The highest BCUT2D eigenvalue weighted by molar-refractivity contribution is 9.10. The number of nitrogens with zero attached hydrogens (tertiary/aromatic N) is 2. The molecule has 1 aliphatic heterocycles. The lowest BCUT2D eigenvalue weighted by Crippen LogP contribution is -2.22. The van der Waals surface area contributed by atoms with Gasteiger partial charge in [-0.2, -0.15) is 0 Å². The third-order valence-electron chi connectivity index (χ3n) is 3.82. The number of rotatable bonds is 3. The molecule has 3 rings (SSSR count). The number of aliphatic imine (C=N–C) groups is 1. The minimum absolute atomic E-state index is 0.0150. The zero-order valence-electron chi connectivity index (χ0n) is 13.0. The SMILES string of the molecule is Cc1ccc(N=C2C(=O)NC(=O)C2c2cccc([N+](=O)[O-])c2)cc1Br. The van der Waals surface area contributed by atoms with Crippen LogP contribution in [0.2, 0.25) is 0 Å². The van der Waals surface area contributed by atoms with Crippen molar-refractivity contribution in [3.8, 4) is 0 Å². The molecule has 0 spiro atoms. The maximum Gasteiger partial charge on any atom is 0.273 e. The lowest BCUT2D eigenvalue weighted by atomic mass is 9.95. The largest absolute Gasteiger partial charge is 0.290 e. The van der Waals surface area contributed by atoms with E-state index in [1.165, 1.54) is 18.2 Å². The van der Waals surface area contributed by atoms with Crippen LogP contribution in [0.3, 0.4) is 0 Å². The number of carbonyl (C=O) groups excluding carboxylic acids is 2. The molecule has 0 radical (unpaired) electrons. The second-order valence-electron chi connectivity index (χ2n) is 5.53. The van der Waals surface area contributed by atoms with Crippen LogP contribution in [-0.2, 0) is 9.59 Å². The number of imide groups is 1. The predicted molar refractivity (Wildman–Crippen MR) is 95.0 cm³/mol. The first-order chi connectivity index (χ1) is 11.9. The van der Waals surface area contributed by atoms with E-state index in [1.54, 1.807) is 18.2 Å². The van der Waals surface area contributed by atoms with Crippen LogP contribution in [0.15, 0.2) is 51.9 Å². The number of aryl methyl sites for hydroxylation is 1. The van der Waals surface area contributed by atoms with Crippen LogP contribution >= 0.6 is 15.9 Å². The first kappa shape index (κ1) is 17.0. The minimum Gasteiger partial charge on any atom is -0.290 e. The summed E-state index contributed by atoms with van der Waals surface area (Å²) in [7, 11) is 0. The van der Waals surface area contributed by atoms with Crippen LogP contribution in [0.5, 0.6) is 0 Å². The minimum atomic E-state index is -0.979. The van der Waals surface area contributed by atoms with Crippen molar-refractivity contribution in [2.75, 3.05) is 0 Å². The maximum atomic E-state index is 12.2. The molecule has 2 amide bonds. The summed E-state index contributed by atoms with van der Waals surface area (Å²) in [4.78, 5) is 39.0. The quantitative estimate of drug-likeness (QED) is 0.484. The molecule has 1 N–H and O–H groups in total. The Morgan fingerprint density at radius 3 is 2.64 bits per heavy atom. The van der Waals surface area contributed by atoms with Gasteiger partial charge < -0.3 is 0 Å². The number of nitrogens with one attached hydrogen (secondary N) is 1. The molecule has 0 aliphatic carbocycles. The summed E-state index contributed by atoms with van der Waals surface area (Å²) in [5.74, 6) is -2.12. The molecule has 7 nitrogen and oxygen atoms in total. The maximum absolute atomic E-state index is 12.2.